The van der Waals surface area contributed by atoms with Gasteiger partial charge in [0.2, 0.25) is 0 Å². The SMILES string of the molecule is COc1ccc(N[C@@H](C)C(=O)O)cc1C(=O)O. The van der Waals surface area contributed by atoms with Crippen LogP contribution in [0.25, 0.3) is 0 Å². The number of carboxylic acid groups (broad SMARTS) is 2. The van der Waals surface area contributed by atoms with Crippen molar-refractivity contribution in [1.29, 1.82) is 0 Å². The van der Waals surface area contributed by atoms with Gasteiger partial charge in [0.25, 0.3) is 0 Å². The lowest BCUT2D eigenvalue weighted by Gasteiger charge is -2.12. The molecule has 1 atom stereocenters. The van der Waals surface area contributed by atoms with Crippen molar-refractivity contribution in [2.24, 2.45) is 0 Å². The molecular formula is C11H13NO5. The number of hydrogen-bond donors (Lipinski definition) is 3. The van der Waals surface area contributed by atoms with Crippen LogP contribution in [0.4, 0.5) is 5.69 Å². The molecule has 3 N–H and O–H groups in total. The van der Waals surface area contributed by atoms with Gasteiger partial charge in [-0.25, -0.2) is 4.79 Å². The first kappa shape index (κ1) is 12.8. The lowest BCUT2D eigenvalue weighted by atomic mass is 10.1. The Morgan fingerprint density at radius 1 is 1.35 bits per heavy atom. The molecule has 0 saturated heterocycles. The van der Waals surface area contributed by atoms with Crippen LogP contribution in [-0.2, 0) is 4.79 Å². The molecule has 0 heterocycles. The molecule has 6 heteroatoms. The Hall–Kier alpha value is -2.24. The molecule has 0 unspecified atom stereocenters. The third-order valence-corrected chi connectivity index (χ3v) is 2.18. The zero-order chi connectivity index (χ0) is 13.0. The lowest BCUT2D eigenvalue weighted by Crippen LogP contribution is -2.25. The third-order valence-electron chi connectivity index (χ3n) is 2.18. The molecule has 0 aliphatic rings. The molecule has 1 rings (SSSR count). The molecule has 0 spiro atoms. The van der Waals surface area contributed by atoms with Crippen LogP contribution in [0.15, 0.2) is 18.2 Å². The Kier molecular flexibility index (Phi) is 3.92. The molecule has 0 saturated carbocycles. The topological polar surface area (TPSA) is 95.9 Å². The van der Waals surface area contributed by atoms with Crippen molar-refractivity contribution in [2.45, 2.75) is 13.0 Å². The predicted molar refractivity (Wildman–Crippen MR) is 60.7 cm³/mol. The lowest BCUT2D eigenvalue weighted by molar-refractivity contribution is -0.137. The number of carboxylic acids is 2. The first-order valence-corrected chi connectivity index (χ1v) is 4.86. The van der Waals surface area contributed by atoms with E-state index in [1.807, 2.05) is 0 Å². The normalized spacial score (nSPS) is 11.6. The molecule has 0 aliphatic heterocycles. The highest BCUT2D eigenvalue weighted by atomic mass is 16.5. The van der Waals surface area contributed by atoms with Gasteiger partial charge in [0.05, 0.1) is 7.11 Å². The molecule has 17 heavy (non-hydrogen) atoms. The van der Waals surface area contributed by atoms with Crippen molar-refractivity contribution < 1.29 is 24.5 Å². The van der Waals surface area contributed by atoms with Crippen LogP contribution < -0.4 is 10.1 Å². The van der Waals surface area contributed by atoms with Gasteiger partial charge < -0.3 is 20.3 Å². The summed E-state index contributed by atoms with van der Waals surface area (Å²) in [6.45, 7) is 1.47. The smallest absolute Gasteiger partial charge is 0.339 e. The highest BCUT2D eigenvalue weighted by Crippen LogP contribution is 2.22. The van der Waals surface area contributed by atoms with Crippen LogP contribution in [0, 0.1) is 0 Å². The summed E-state index contributed by atoms with van der Waals surface area (Å²) in [6, 6.07) is 3.57. The Bertz CT molecular complexity index is 443. The molecule has 0 aromatic heterocycles. The molecular weight excluding hydrogens is 226 g/mol. The number of ether oxygens (including phenoxy) is 1. The fourth-order valence-electron chi connectivity index (χ4n) is 1.28. The summed E-state index contributed by atoms with van der Waals surface area (Å²) in [7, 11) is 1.37. The minimum Gasteiger partial charge on any atom is -0.496 e. The number of nitrogens with one attached hydrogen (secondary N) is 1. The zero-order valence-corrected chi connectivity index (χ0v) is 9.43. The summed E-state index contributed by atoms with van der Waals surface area (Å²) in [5, 5.41) is 20.3. The average molecular weight is 239 g/mol. The summed E-state index contributed by atoms with van der Waals surface area (Å²) in [5.41, 5.74) is 0.396. The number of aliphatic carboxylic acids is 1. The van der Waals surface area contributed by atoms with Gasteiger partial charge >= 0.3 is 11.9 Å². The summed E-state index contributed by atoms with van der Waals surface area (Å²) >= 11 is 0. The number of anilines is 1. The predicted octanol–water partition coefficient (Wildman–Crippen LogP) is 1.28. The van der Waals surface area contributed by atoms with Gasteiger partial charge in [-0.1, -0.05) is 0 Å². The van der Waals surface area contributed by atoms with E-state index in [0.29, 0.717) is 5.69 Å². The molecule has 6 nitrogen and oxygen atoms in total. The van der Waals surface area contributed by atoms with Crippen LogP contribution in [0.3, 0.4) is 0 Å². The third kappa shape index (κ3) is 3.10. The van der Waals surface area contributed by atoms with E-state index in [-0.39, 0.29) is 11.3 Å². The van der Waals surface area contributed by atoms with Gasteiger partial charge in [-0.15, -0.1) is 0 Å². The van der Waals surface area contributed by atoms with Gasteiger partial charge in [0.1, 0.15) is 17.4 Å². The summed E-state index contributed by atoms with van der Waals surface area (Å²) in [6.07, 6.45) is 0. The first-order valence-electron chi connectivity index (χ1n) is 4.86. The van der Waals surface area contributed by atoms with E-state index in [0.717, 1.165) is 0 Å². The van der Waals surface area contributed by atoms with E-state index in [2.05, 4.69) is 5.32 Å². The Labute approximate surface area is 97.8 Å². The number of rotatable bonds is 5. The standard InChI is InChI=1S/C11H13NO5/c1-6(10(13)14)12-7-3-4-9(17-2)8(5-7)11(15)16/h3-6,12H,1-2H3,(H,13,14)(H,15,16)/t6-/m0/s1. The fourth-order valence-corrected chi connectivity index (χ4v) is 1.28. The number of hydrogen-bond acceptors (Lipinski definition) is 4. The molecule has 0 aliphatic carbocycles. The molecule has 92 valence electrons. The van der Waals surface area contributed by atoms with Crippen molar-refractivity contribution in [3.63, 3.8) is 0 Å². The van der Waals surface area contributed by atoms with Crippen molar-refractivity contribution in [2.75, 3.05) is 12.4 Å². The zero-order valence-electron chi connectivity index (χ0n) is 9.43. The molecule has 0 bridgehead atoms. The van der Waals surface area contributed by atoms with Crippen molar-refractivity contribution >= 4 is 17.6 Å². The van der Waals surface area contributed by atoms with E-state index in [9.17, 15) is 9.59 Å². The monoisotopic (exact) mass is 239 g/mol. The number of aromatic carboxylic acids is 1. The van der Waals surface area contributed by atoms with Gasteiger partial charge in [0, 0.05) is 5.69 Å². The van der Waals surface area contributed by atoms with Crippen LogP contribution in [0.1, 0.15) is 17.3 Å². The van der Waals surface area contributed by atoms with Gasteiger partial charge in [-0.05, 0) is 25.1 Å². The van der Waals surface area contributed by atoms with Gasteiger partial charge in [0.15, 0.2) is 0 Å². The van der Waals surface area contributed by atoms with Crippen molar-refractivity contribution in [1.82, 2.24) is 0 Å². The van der Waals surface area contributed by atoms with Crippen LogP contribution in [0.2, 0.25) is 0 Å². The number of benzene rings is 1. The molecule has 1 aromatic carbocycles. The highest BCUT2D eigenvalue weighted by molar-refractivity contribution is 5.92. The first-order chi connectivity index (χ1) is 7.95. The van der Waals surface area contributed by atoms with E-state index in [1.54, 1.807) is 6.07 Å². The molecule has 0 fully saturated rings. The highest BCUT2D eigenvalue weighted by Gasteiger charge is 2.14. The molecule has 0 radical (unpaired) electrons. The summed E-state index contributed by atoms with van der Waals surface area (Å²) < 4.78 is 4.89. The largest absolute Gasteiger partial charge is 0.496 e. The number of carbonyl (C=O) groups is 2. The van der Waals surface area contributed by atoms with E-state index >= 15 is 0 Å². The second-order valence-corrected chi connectivity index (χ2v) is 3.42. The van der Waals surface area contributed by atoms with E-state index < -0.39 is 18.0 Å². The van der Waals surface area contributed by atoms with Crippen LogP contribution in [0.5, 0.6) is 5.75 Å². The Morgan fingerprint density at radius 2 is 2.00 bits per heavy atom. The second-order valence-electron chi connectivity index (χ2n) is 3.42. The Balaban J connectivity index is 3.00. The quantitative estimate of drug-likeness (QED) is 0.716. The maximum absolute atomic E-state index is 10.9. The average Bonchev–Trinajstić information content (AvgIpc) is 2.28. The minimum atomic E-state index is -1.13. The molecule has 1 aromatic rings. The minimum absolute atomic E-state index is 0.0184. The molecule has 0 amide bonds. The maximum atomic E-state index is 10.9. The maximum Gasteiger partial charge on any atom is 0.339 e. The van der Waals surface area contributed by atoms with Gasteiger partial charge in [-0.2, -0.15) is 0 Å². The van der Waals surface area contributed by atoms with Crippen molar-refractivity contribution in [3.8, 4) is 5.75 Å². The Morgan fingerprint density at radius 3 is 2.47 bits per heavy atom. The summed E-state index contributed by atoms with van der Waals surface area (Å²) in [4.78, 5) is 21.6. The van der Waals surface area contributed by atoms with Gasteiger partial charge in [-0.3, -0.25) is 4.79 Å². The van der Waals surface area contributed by atoms with E-state index in [4.69, 9.17) is 14.9 Å². The van der Waals surface area contributed by atoms with Crippen LogP contribution >= 0.6 is 0 Å². The van der Waals surface area contributed by atoms with Crippen molar-refractivity contribution in [3.05, 3.63) is 23.8 Å². The van der Waals surface area contributed by atoms with E-state index in [1.165, 1.54) is 26.2 Å². The number of methoxy groups -OCH3 is 1. The summed E-state index contributed by atoms with van der Waals surface area (Å²) in [5.74, 6) is -1.92. The van der Waals surface area contributed by atoms with Crippen LogP contribution in [-0.4, -0.2) is 35.3 Å². The second kappa shape index (κ2) is 5.20. The fraction of sp³-hybridized carbons (Fsp3) is 0.273.